The van der Waals surface area contributed by atoms with Crippen LogP contribution in [0, 0.1) is 5.82 Å². The molecule has 0 aliphatic carbocycles. The summed E-state index contributed by atoms with van der Waals surface area (Å²) in [6, 6.07) is 9.32. The van der Waals surface area contributed by atoms with Crippen LogP contribution in [0.4, 0.5) is 10.2 Å². The summed E-state index contributed by atoms with van der Waals surface area (Å²) >= 11 is 0. The third-order valence-electron chi connectivity index (χ3n) is 3.63. The van der Waals surface area contributed by atoms with Gasteiger partial charge in [0.05, 0.1) is 11.4 Å². The van der Waals surface area contributed by atoms with Gasteiger partial charge in [0.1, 0.15) is 11.6 Å². The van der Waals surface area contributed by atoms with E-state index in [4.69, 9.17) is 5.73 Å². The second kappa shape index (κ2) is 5.72. The summed E-state index contributed by atoms with van der Waals surface area (Å²) in [6.45, 7) is 3.86. The fourth-order valence-electron chi connectivity index (χ4n) is 2.48. The van der Waals surface area contributed by atoms with Gasteiger partial charge in [0.25, 0.3) is 0 Å². The van der Waals surface area contributed by atoms with Crippen molar-refractivity contribution in [1.29, 1.82) is 0 Å². The zero-order chi connectivity index (χ0) is 16.6. The van der Waals surface area contributed by atoms with Crippen molar-refractivity contribution < 1.29 is 4.39 Å². The lowest BCUT2D eigenvalue weighted by Gasteiger charge is -2.08. The van der Waals surface area contributed by atoms with Gasteiger partial charge in [-0.15, -0.1) is 0 Å². The minimum absolute atomic E-state index is 0.00197. The molecule has 0 radical (unpaired) electrons. The molecule has 0 unspecified atom stereocenters. The maximum absolute atomic E-state index is 13.2. The van der Waals surface area contributed by atoms with Crippen LogP contribution < -0.4 is 11.4 Å². The van der Waals surface area contributed by atoms with E-state index >= 15 is 0 Å². The topological polar surface area (TPSA) is 65.8 Å². The van der Waals surface area contributed by atoms with Crippen molar-refractivity contribution in [2.24, 2.45) is 0 Å². The molecule has 2 N–H and O–H groups in total. The van der Waals surface area contributed by atoms with Gasteiger partial charge in [-0.2, -0.15) is 0 Å². The maximum atomic E-state index is 13.2. The number of halogens is 1. The standard InChI is InChI=1S/C17H17FN4O/c1-11(2)21-10-15(12-7-8-20-16(19)9-12)22(17(21)23)14-5-3-13(18)4-6-14/h3-11H,1-2H3,(H2,19,20). The van der Waals surface area contributed by atoms with E-state index in [1.165, 1.54) is 12.1 Å². The van der Waals surface area contributed by atoms with Crippen LogP contribution in [0.5, 0.6) is 0 Å². The Kier molecular flexibility index (Phi) is 3.73. The summed E-state index contributed by atoms with van der Waals surface area (Å²) in [5, 5.41) is 0. The first kappa shape index (κ1) is 15.0. The third-order valence-corrected chi connectivity index (χ3v) is 3.63. The highest BCUT2D eigenvalue weighted by Gasteiger charge is 2.16. The Morgan fingerprint density at radius 3 is 2.48 bits per heavy atom. The molecule has 2 heterocycles. The lowest BCUT2D eigenvalue weighted by atomic mass is 10.2. The molecule has 118 valence electrons. The molecule has 5 nitrogen and oxygen atoms in total. The van der Waals surface area contributed by atoms with Crippen LogP contribution in [-0.4, -0.2) is 14.1 Å². The molecule has 0 saturated heterocycles. The van der Waals surface area contributed by atoms with Crippen LogP contribution in [0.15, 0.2) is 53.6 Å². The van der Waals surface area contributed by atoms with E-state index in [0.29, 0.717) is 17.2 Å². The van der Waals surface area contributed by atoms with Gasteiger partial charge in [-0.25, -0.2) is 14.2 Å². The van der Waals surface area contributed by atoms with Crippen molar-refractivity contribution in [3.05, 3.63) is 65.1 Å². The second-order valence-corrected chi connectivity index (χ2v) is 5.58. The van der Waals surface area contributed by atoms with Gasteiger partial charge in [0.15, 0.2) is 0 Å². The number of anilines is 1. The first-order chi connectivity index (χ1) is 11.0. The number of aromatic nitrogens is 3. The van der Waals surface area contributed by atoms with Crippen LogP contribution in [0.1, 0.15) is 19.9 Å². The zero-order valence-electron chi connectivity index (χ0n) is 12.9. The molecule has 0 aliphatic heterocycles. The van der Waals surface area contributed by atoms with Gasteiger partial charge in [-0.1, -0.05) is 0 Å². The predicted octanol–water partition coefficient (Wildman–Crippen LogP) is 3.00. The van der Waals surface area contributed by atoms with Crippen LogP contribution in [0.25, 0.3) is 16.9 Å². The number of nitrogens with two attached hydrogens (primary N) is 1. The van der Waals surface area contributed by atoms with Crippen molar-refractivity contribution in [2.45, 2.75) is 19.9 Å². The molecule has 3 aromatic rings. The van der Waals surface area contributed by atoms with Gasteiger partial charge in [-0.05, 0) is 50.2 Å². The minimum atomic E-state index is -0.347. The number of nitrogen functional groups attached to an aromatic ring is 1. The predicted molar refractivity (Wildman–Crippen MR) is 88.0 cm³/mol. The van der Waals surface area contributed by atoms with Gasteiger partial charge >= 0.3 is 5.69 Å². The van der Waals surface area contributed by atoms with E-state index in [2.05, 4.69) is 4.98 Å². The van der Waals surface area contributed by atoms with E-state index in [1.54, 1.807) is 45.8 Å². The van der Waals surface area contributed by atoms with E-state index in [-0.39, 0.29) is 17.5 Å². The van der Waals surface area contributed by atoms with Crippen molar-refractivity contribution in [3.8, 4) is 16.9 Å². The molecule has 2 aromatic heterocycles. The molecule has 0 amide bonds. The van der Waals surface area contributed by atoms with Crippen molar-refractivity contribution >= 4 is 5.82 Å². The van der Waals surface area contributed by atoms with Crippen LogP contribution in [0.2, 0.25) is 0 Å². The highest BCUT2D eigenvalue weighted by molar-refractivity contribution is 5.64. The van der Waals surface area contributed by atoms with E-state index in [0.717, 1.165) is 5.56 Å². The van der Waals surface area contributed by atoms with Crippen molar-refractivity contribution in [2.75, 3.05) is 5.73 Å². The summed E-state index contributed by atoms with van der Waals surface area (Å²) in [5.74, 6) is 0.0256. The number of rotatable bonds is 3. The molecule has 23 heavy (non-hydrogen) atoms. The second-order valence-electron chi connectivity index (χ2n) is 5.58. The van der Waals surface area contributed by atoms with Crippen LogP contribution >= 0.6 is 0 Å². The molecular weight excluding hydrogens is 295 g/mol. The fraction of sp³-hybridized carbons (Fsp3) is 0.176. The molecule has 1 aromatic carbocycles. The quantitative estimate of drug-likeness (QED) is 0.808. The molecule has 0 aliphatic rings. The minimum Gasteiger partial charge on any atom is -0.384 e. The summed E-state index contributed by atoms with van der Waals surface area (Å²) in [6.07, 6.45) is 3.38. The Morgan fingerprint density at radius 1 is 1.17 bits per heavy atom. The number of hydrogen-bond donors (Lipinski definition) is 1. The summed E-state index contributed by atoms with van der Waals surface area (Å²) in [7, 11) is 0. The van der Waals surface area contributed by atoms with Gasteiger partial charge in [0, 0.05) is 24.0 Å². The number of nitrogens with zero attached hydrogens (tertiary/aromatic N) is 3. The Labute approximate surface area is 132 Å². The zero-order valence-corrected chi connectivity index (χ0v) is 12.9. The Hall–Kier alpha value is -2.89. The lowest BCUT2D eigenvalue weighted by Crippen LogP contribution is -2.24. The fourth-order valence-corrected chi connectivity index (χ4v) is 2.48. The Bertz CT molecular complexity index is 894. The third kappa shape index (κ3) is 2.75. The number of pyridine rings is 1. The number of imidazole rings is 1. The molecule has 0 bridgehead atoms. The average Bonchev–Trinajstić information content (AvgIpc) is 2.86. The first-order valence-electron chi connectivity index (χ1n) is 7.29. The number of hydrogen-bond acceptors (Lipinski definition) is 3. The Balaban J connectivity index is 2.28. The summed E-state index contributed by atoms with van der Waals surface area (Å²) in [4.78, 5) is 16.7. The molecule has 0 spiro atoms. The van der Waals surface area contributed by atoms with Crippen molar-refractivity contribution in [1.82, 2.24) is 14.1 Å². The SMILES string of the molecule is CC(C)n1cc(-c2ccnc(N)c2)n(-c2ccc(F)cc2)c1=O. The number of benzene rings is 1. The lowest BCUT2D eigenvalue weighted by molar-refractivity contribution is 0.574. The Morgan fingerprint density at radius 2 is 1.87 bits per heavy atom. The maximum Gasteiger partial charge on any atom is 0.333 e. The van der Waals surface area contributed by atoms with Crippen LogP contribution in [-0.2, 0) is 0 Å². The largest absolute Gasteiger partial charge is 0.384 e. The van der Waals surface area contributed by atoms with Crippen LogP contribution in [0.3, 0.4) is 0 Å². The van der Waals surface area contributed by atoms with Gasteiger partial charge < -0.3 is 5.73 Å². The van der Waals surface area contributed by atoms with Crippen molar-refractivity contribution in [3.63, 3.8) is 0 Å². The van der Waals surface area contributed by atoms with Gasteiger partial charge in [0.2, 0.25) is 0 Å². The molecule has 0 saturated carbocycles. The smallest absolute Gasteiger partial charge is 0.333 e. The van der Waals surface area contributed by atoms with E-state index < -0.39 is 0 Å². The summed E-state index contributed by atoms with van der Waals surface area (Å²) < 4.78 is 16.4. The molecule has 0 atom stereocenters. The summed E-state index contributed by atoms with van der Waals surface area (Å²) in [5.41, 5.74) is 7.63. The molecule has 0 fully saturated rings. The highest BCUT2D eigenvalue weighted by atomic mass is 19.1. The average molecular weight is 312 g/mol. The molecule has 6 heteroatoms. The monoisotopic (exact) mass is 312 g/mol. The molecular formula is C17H17FN4O. The molecule has 3 rings (SSSR count). The van der Waals surface area contributed by atoms with Gasteiger partial charge in [-0.3, -0.25) is 9.13 Å². The van der Waals surface area contributed by atoms with E-state index in [9.17, 15) is 9.18 Å². The first-order valence-corrected chi connectivity index (χ1v) is 7.29. The van der Waals surface area contributed by atoms with E-state index in [1.807, 2.05) is 13.8 Å². The normalized spacial score (nSPS) is 11.1. The highest BCUT2D eigenvalue weighted by Crippen LogP contribution is 2.24.